The fraction of sp³-hybridized carbons (Fsp3) is 0.273. The Morgan fingerprint density at radius 1 is 1.17 bits per heavy atom. The van der Waals surface area contributed by atoms with Crippen molar-refractivity contribution in [3.8, 4) is 11.5 Å². The van der Waals surface area contributed by atoms with Crippen molar-refractivity contribution < 1.29 is 23.8 Å². The molecule has 0 unspecified atom stereocenters. The van der Waals surface area contributed by atoms with Crippen LogP contribution in [0.3, 0.4) is 0 Å². The molecule has 0 aliphatic carbocycles. The molecule has 0 fully saturated rings. The number of rotatable bonds is 7. The lowest BCUT2D eigenvalue weighted by atomic mass is 10.0. The van der Waals surface area contributed by atoms with E-state index in [0.29, 0.717) is 31.1 Å². The highest BCUT2D eigenvalue weighted by Crippen LogP contribution is 2.34. The number of methoxy groups -OCH3 is 1. The lowest BCUT2D eigenvalue weighted by molar-refractivity contribution is -0.144. The van der Waals surface area contributed by atoms with E-state index in [-0.39, 0.29) is 11.7 Å². The van der Waals surface area contributed by atoms with Crippen LogP contribution in [0.25, 0.3) is 10.9 Å². The van der Waals surface area contributed by atoms with Crippen LogP contribution in [0.4, 0.5) is 0 Å². The molecule has 2 N–H and O–H groups in total. The normalized spacial score (nSPS) is 13.6. The second-order valence-corrected chi connectivity index (χ2v) is 7.85. The number of esters is 1. The Morgan fingerprint density at radius 3 is 2.80 bits per heavy atom. The highest BCUT2D eigenvalue weighted by Gasteiger charge is 2.23. The molecule has 8 heteroatoms. The molecule has 1 aliphatic rings. The number of hydrogen-bond donors (Lipinski definition) is 2. The Kier molecular flexibility index (Phi) is 6.13. The van der Waals surface area contributed by atoms with Crippen LogP contribution in [-0.4, -0.2) is 49.0 Å². The van der Waals surface area contributed by atoms with Crippen molar-refractivity contribution in [2.75, 3.05) is 26.1 Å². The quantitative estimate of drug-likeness (QED) is 0.446. The molecule has 7 nitrogen and oxygen atoms in total. The van der Waals surface area contributed by atoms with Gasteiger partial charge in [0.1, 0.15) is 19.3 Å². The minimum absolute atomic E-state index is 0.168. The first-order chi connectivity index (χ1) is 14.6. The number of para-hydroxylation sites is 1. The van der Waals surface area contributed by atoms with Gasteiger partial charge in [-0.25, -0.2) is 4.79 Å². The van der Waals surface area contributed by atoms with Gasteiger partial charge in [0.05, 0.1) is 12.9 Å². The van der Waals surface area contributed by atoms with Gasteiger partial charge in [-0.1, -0.05) is 18.2 Å². The third-order valence-corrected chi connectivity index (χ3v) is 5.80. The summed E-state index contributed by atoms with van der Waals surface area (Å²) >= 11 is 1.37. The number of nitrogens with one attached hydrogen (secondary N) is 2. The topological polar surface area (TPSA) is 89.7 Å². The molecule has 0 spiro atoms. The number of H-pyrrole nitrogens is 1. The van der Waals surface area contributed by atoms with Crippen LogP contribution in [0.1, 0.15) is 5.56 Å². The van der Waals surface area contributed by atoms with Crippen LogP contribution in [0.15, 0.2) is 53.6 Å². The Labute approximate surface area is 178 Å². The minimum atomic E-state index is -0.762. The van der Waals surface area contributed by atoms with Crippen molar-refractivity contribution in [3.05, 3.63) is 54.2 Å². The summed E-state index contributed by atoms with van der Waals surface area (Å²) in [5.41, 5.74) is 1.93. The molecule has 1 aromatic heterocycles. The van der Waals surface area contributed by atoms with Gasteiger partial charge in [0.15, 0.2) is 11.5 Å². The highest BCUT2D eigenvalue weighted by molar-refractivity contribution is 8.00. The predicted octanol–water partition coefficient (Wildman–Crippen LogP) is 2.93. The zero-order valence-electron chi connectivity index (χ0n) is 16.5. The van der Waals surface area contributed by atoms with E-state index in [0.717, 1.165) is 21.4 Å². The molecule has 0 radical (unpaired) electrons. The number of hydrogen-bond acceptors (Lipinski definition) is 6. The number of carbonyl (C=O) groups excluding carboxylic acids is 2. The summed E-state index contributed by atoms with van der Waals surface area (Å²) in [6.07, 6.45) is 2.20. The van der Waals surface area contributed by atoms with Gasteiger partial charge in [0, 0.05) is 28.4 Å². The van der Waals surface area contributed by atoms with E-state index in [2.05, 4.69) is 10.3 Å². The summed E-state index contributed by atoms with van der Waals surface area (Å²) < 4.78 is 16.0. The van der Waals surface area contributed by atoms with Crippen LogP contribution in [0, 0.1) is 0 Å². The summed E-state index contributed by atoms with van der Waals surface area (Å²) in [6, 6.07) is 12.6. The van der Waals surface area contributed by atoms with Crippen LogP contribution < -0.4 is 14.8 Å². The Morgan fingerprint density at radius 2 is 1.97 bits per heavy atom. The summed E-state index contributed by atoms with van der Waals surface area (Å²) in [5.74, 6) is 0.835. The molecule has 1 aliphatic heterocycles. The molecule has 30 heavy (non-hydrogen) atoms. The van der Waals surface area contributed by atoms with E-state index in [1.165, 1.54) is 18.9 Å². The second kappa shape index (κ2) is 9.13. The van der Waals surface area contributed by atoms with Gasteiger partial charge in [0.25, 0.3) is 0 Å². The molecule has 0 saturated carbocycles. The van der Waals surface area contributed by atoms with E-state index in [9.17, 15) is 9.59 Å². The smallest absolute Gasteiger partial charge is 0.328 e. The maximum Gasteiger partial charge on any atom is 0.328 e. The largest absolute Gasteiger partial charge is 0.486 e. The van der Waals surface area contributed by atoms with Crippen molar-refractivity contribution in [3.63, 3.8) is 0 Å². The standard InChI is InChI=1S/C22H22N2O5S/c1-27-22(26)18(10-14-12-23-17-5-3-2-4-16(14)17)24-21(25)13-30-15-6-7-19-20(11-15)29-9-8-28-19/h2-7,11-12,18,23H,8-10,13H2,1H3,(H,24,25)/t18-/m0/s1. The molecule has 156 valence electrons. The van der Waals surface area contributed by atoms with Gasteiger partial charge < -0.3 is 24.5 Å². The SMILES string of the molecule is COC(=O)[C@H](Cc1c[nH]c2ccccc12)NC(=O)CSc1ccc2c(c1)OCCO2. The third kappa shape index (κ3) is 4.54. The number of carbonyl (C=O) groups is 2. The Balaban J connectivity index is 1.39. The van der Waals surface area contributed by atoms with E-state index >= 15 is 0 Å². The zero-order valence-corrected chi connectivity index (χ0v) is 17.3. The fourth-order valence-corrected chi connectivity index (χ4v) is 4.09. The summed E-state index contributed by atoms with van der Waals surface area (Å²) in [7, 11) is 1.32. The van der Waals surface area contributed by atoms with Gasteiger partial charge in [0.2, 0.25) is 5.91 Å². The van der Waals surface area contributed by atoms with E-state index in [4.69, 9.17) is 14.2 Å². The lowest BCUT2D eigenvalue weighted by Gasteiger charge is -2.19. The molecule has 0 bridgehead atoms. The first kappa shape index (κ1) is 20.2. The molecule has 1 atom stereocenters. The fourth-order valence-electron chi connectivity index (χ4n) is 3.35. The van der Waals surface area contributed by atoms with Crippen LogP contribution in [-0.2, 0) is 20.7 Å². The number of fused-ring (bicyclic) bond motifs is 2. The average molecular weight is 426 g/mol. The molecule has 3 aromatic rings. The van der Waals surface area contributed by atoms with E-state index < -0.39 is 12.0 Å². The average Bonchev–Trinajstić information content (AvgIpc) is 3.19. The Bertz CT molecular complexity index is 1060. The molecular weight excluding hydrogens is 404 g/mol. The monoisotopic (exact) mass is 426 g/mol. The highest BCUT2D eigenvalue weighted by atomic mass is 32.2. The zero-order chi connectivity index (χ0) is 20.9. The van der Waals surface area contributed by atoms with Crippen molar-refractivity contribution in [1.29, 1.82) is 0 Å². The first-order valence-electron chi connectivity index (χ1n) is 9.58. The Hall–Kier alpha value is -3.13. The van der Waals surface area contributed by atoms with Crippen LogP contribution in [0.5, 0.6) is 11.5 Å². The van der Waals surface area contributed by atoms with Gasteiger partial charge in [-0.15, -0.1) is 11.8 Å². The molecular formula is C22H22N2O5S. The van der Waals surface area contributed by atoms with Gasteiger partial charge in [-0.3, -0.25) is 4.79 Å². The van der Waals surface area contributed by atoms with Crippen molar-refractivity contribution in [1.82, 2.24) is 10.3 Å². The number of benzene rings is 2. The van der Waals surface area contributed by atoms with Crippen molar-refractivity contribution in [2.24, 2.45) is 0 Å². The van der Waals surface area contributed by atoms with Crippen molar-refractivity contribution >= 4 is 34.5 Å². The maximum absolute atomic E-state index is 12.5. The van der Waals surface area contributed by atoms with Gasteiger partial charge in [-0.05, 0) is 29.8 Å². The predicted molar refractivity (Wildman–Crippen MR) is 114 cm³/mol. The summed E-state index contributed by atoms with van der Waals surface area (Å²) in [4.78, 5) is 28.9. The number of amides is 1. The number of ether oxygens (including phenoxy) is 3. The summed E-state index contributed by atoms with van der Waals surface area (Å²) in [5, 5.41) is 3.82. The van der Waals surface area contributed by atoms with Gasteiger partial charge >= 0.3 is 5.97 Å². The molecule has 2 heterocycles. The second-order valence-electron chi connectivity index (χ2n) is 6.80. The maximum atomic E-state index is 12.5. The number of thioether (sulfide) groups is 1. The van der Waals surface area contributed by atoms with E-state index in [1.54, 1.807) is 0 Å². The molecule has 1 amide bonds. The van der Waals surface area contributed by atoms with Crippen molar-refractivity contribution in [2.45, 2.75) is 17.4 Å². The first-order valence-corrected chi connectivity index (χ1v) is 10.6. The minimum Gasteiger partial charge on any atom is -0.486 e. The molecule has 4 rings (SSSR count). The molecule has 0 saturated heterocycles. The van der Waals surface area contributed by atoms with Crippen LogP contribution >= 0.6 is 11.8 Å². The lowest BCUT2D eigenvalue weighted by Crippen LogP contribution is -2.43. The van der Waals surface area contributed by atoms with E-state index in [1.807, 2.05) is 48.7 Å². The number of aromatic amines is 1. The van der Waals surface area contributed by atoms with Crippen LogP contribution in [0.2, 0.25) is 0 Å². The third-order valence-electron chi connectivity index (χ3n) is 4.80. The summed E-state index contributed by atoms with van der Waals surface area (Å²) in [6.45, 7) is 1.05. The number of aromatic nitrogens is 1. The molecule has 2 aromatic carbocycles. The van der Waals surface area contributed by atoms with Gasteiger partial charge in [-0.2, -0.15) is 0 Å².